The Bertz CT molecular complexity index is 762. The molecule has 3 saturated carbocycles. The van der Waals surface area contributed by atoms with Gasteiger partial charge in [0.05, 0.1) is 18.4 Å². The smallest absolute Gasteiger partial charge is 0.331 e. The minimum Gasteiger partial charge on any atom is -0.393 e. The topological polar surface area (TPSA) is 83.8 Å². The van der Waals surface area contributed by atoms with E-state index in [1.165, 1.54) is 5.57 Å². The van der Waals surface area contributed by atoms with Crippen LogP contribution in [-0.4, -0.2) is 34.2 Å². The lowest BCUT2D eigenvalue weighted by Gasteiger charge is -2.57. The van der Waals surface area contributed by atoms with Crippen LogP contribution in [-0.2, 0) is 13.9 Å². The zero-order valence-corrected chi connectivity index (χ0v) is 19.2. The van der Waals surface area contributed by atoms with Crippen molar-refractivity contribution in [1.82, 2.24) is 0 Å². The Hall–Kier alpha value is -0.480. The summed E-state index contributed by atoms with van der Waals surface area (Å²) in [6.45, 7) is 8.08. The monoisotopic (exact) mass is 424 g/mol. The van der Waals surface area contributed by atoms with Gasteiger partial charge in [-0.05, 0) is 87.4 Å². The van der Waals surface area contributed by atoms with Gasteiger partial charge in [0.15, 0.2) is 0 Å². The SMILES string of the molecule is CCOP(=O)(O)C1CC2C3CC=C4CC(O)CCC4(C)C3CCC2(C)C1C(C)=O. The van der Waals surface area contributed by atoms with Crippen LogP contribution >= 0.6 is 7.60 Å². The van der Waals surface area contributed by atoms with Crippen molar-refractivity contribution in [2.45, 2.75) is 84.4 Å². The van der Waals surface area contributed by atoms with E-state index in [-0.39, 0.29) is 35.2 Å². The quantitative estimate of drug-likeness (QED) is 0.504. The van der Waals surface area contributed by atoms with Crippen molar-refractivity contribution < 1.29 is 23.9 Å². The third-order valence-corrected chi connectivity index (χ3v) is 11.3. The fourth-order valence-corrected chi connectivity index (χ4v) is 9.98. The fourth-order valence-electron chi connectivity index (χ4n) is 7.99. The molecule has 0 heterocycles. The lowest BCUT2D eigenvalue weighted by molar-refractivity contribution is -0.127. The predicted octanol–water partition coefficient (Wildman–Crippen LogP) is 4.72. The van der Waals surface area contributed by atoms with Gasteiger partial charge in [0.25, 0.3) is 0 Å². The van der Waals surface area contributed by atoms with E-state index in [9.17, 15) is 19.4 Å². The zero-order chi connectivity index (χ0) is 21.2. The second-order valence-corrected chi connectivity index (χ2v) is 12.6. The predicted molar refractivity (Wildman–Crippen MR) is 113 cm³/mol. The molecule has 5 nitrogen and oxygen atoms in total. The van der Waals surface area contributed by atoms with Crippen LogP contribution in [0.1, 0.15) is 72.6 Å². The normalized spacial score (nSPS) is 48.7. The summed E-state index contributed by atoms with van der Waals surface area (Å²) in [5.41, 5.74) is 0.722. The van der Waals surface area contributed by atoms with Gasteiger partial charge in [-0.1, -0.05) is 25.5 Å². The maximum Gasteiger partial charge on any atom is 0.331 e. The first-order valence-electron chi connectivity index (χ1n) is 11.4. The van der Waals surface area contributed by atoms with Crippen LogP contribution in [0.15, 0.2) is 11.6 Å². The molecule has 0 saturated heterocycles. The second kappa shape index (κ2) is 7.29. The van der Waals surface area contributed by atoms with E-state index in [4.69, 9.17) is 4.52 Å². The van der Waals surface area contributed by atoms with E-state index < -0.39 is 19.2 Å². The first-order valence-corrected chi connectivity index (χ1v) is 13.0. The van der Waals surface area contributed by atoms with Crippen molar-refractivity contribution in [1.29, 1.82) is 0 Å². The average Bonchev–Trinajstić information content (AvgIpc) is 2.96. The van der Waals surface area contributed by atoms with Crippen LogP contribution in [0.2, 0.25) is 0 Å². The van der Waals surface area contributed by atoms with Gasteiger partial charge in [0.1, 0.15) is 5.78 Å². The van der Waals surface area contributed by atoms with E-state index in [0.717, 1.165) is 38.5 Å². The van der Waals surface area contributed by atoms with Crippen molar-refractivity contribution in [3.05, 3.63) is 11.6 Å². The number of carbonyl (C=O) groups is 1. The van der Waals surface area contributed by atoms with Crippen molar-refractivity contribution in [2.75, 3.05) is 6.61 Å². The van der Waals surface area contributed by atoms with E-state index in [2.05, 4.69) is 19.9 Å². The van der Waals surface area contributed by atoms with Gasteiger partial charge in [0, 0.05) is 5.92 Å². The second-order valence-electron chi connectivity index (χ2n) is 10.6. The standard InChI is InChI=1S/C23H37O5P/c1-5-28-29(26,27)20-13-19-17-7-6-15-12-16(25)8-10-22(15,3)18(17)9-11-23(19,4)21(20)14(2)24/h6,16-21,25H,5,7-13H2,1-4H3,(H,26,27). The number of aliphatic hydroxyl groups excluding tert-OH is 1. The highest BCUT2D eigenvalue weighted by molar-refractivity contribution is 7.53. The maximum absolute atomic E-state index is 13.0. The molecule has 9 unspecified atom stereocenters. The minimum atomic E-state index is -3.84. The Morgan fingerprint density at radius 3 is 2.66 bits per heavy atom. The minimum absolute atomic E-state index is 0.0338. The molecule has 9 atom stereocenters. The molecule has 4 aliphatic rings. The highest BCUT2D eigenvalue weighted by Crippen LogP contribution is 2.71. The number of hydrogen-bond donors (Lipinski definition) is 2. The van der Waals surface area contributed by atoms with Gasteiger partial charge in [-0.2, -0.15) is 0 Å². The summed E-state index contributed by atoms with van der Waals surface area (Å²) < 4.78 is 18.4. The first-order chi connectivity index (χ1) is 13.5. The molecule has 0 radical (unpaired) electrons. The molecule has 29 heavy (non-hydrogen) atoms. The molecule has 164 valence electrons. The zero-order valence-electron chi connectivity index (χ0n) is 18.3. The summed E-state index contributed by atoms with van der Waals surface area (Å²) in [6, 6.07) is 0. The molecule has 6 heteroatoms. The maximum atomic E-state index is 13.0. The lowest BCUT2D eigenvalue weighted by Crippen LogP contribution is -2.51. The lowest BCUT2D eigenvalue weighted by atomic mass is 9.47. The van der Waals surface area contributed by atoms with Gasteiger partial charge in [-0.15, -0.1) is 0 Å². The molecule has 0 aromatic carbocycles. The summed E-state index contributed by atoms with van der Waals surface area (Å²) in [5.74, 6) is 0.868. The number of fused-ring (bicyclic) bond motifs is 5. The summed E-state index contributed by atoms with van der Waals surface area (Å²) >= 11 is 0. The third kappa shape index (κ3) is 3.23. The summed E-state index contributed by atoms with van der Waals surface area (Å²) in [4.78, 5) is 23.4. The molecule has 0 spiro atoms. The Labute approximate surface area is 174 Å². The Balaban J connectivity index is 1.70. The molecular formula is C23H37O5P. The van der Waals surface area contributed by atoms with Crippen molar-refractivity contribution in [2.24, 2.45) is 34.5 Å². The highest BCUT2D eigenvalue weighted by Gasteiger charge is 2.65. The number of carbonyl (C=O) groups excluding carboxylic acids is 1. The van der Waals surface area contributed by atoms with E-state index in [1.807, 2.05) is 0 Å². The molecule has 0 aliphatic heterocycles. The first kappa shape index (κ1) is 21.7. The summed E-state index contributed by atoms with van der Waals surface area (Å²) in [7, 11) is -3.84. The van der Waals surface area contributed by atoms with E-state index in [0.29, 0.717) is 18.3 Å². The molecular weight excluding hydrogens is 387 g/mol. The molecule has 3 fully saturated rings. The number of hydrogen-bond acceptors (Lipinski definition) is 4. The molecule has 0 bridgehead atoms. The van der Waals surface area contributed by atoms with Gasteiger partial charge in [-0.25, -0.2) is 0 Å². The molecule has 4 rings (SSSR count). The number of Topliss-reactive ketones (excluding diaryl/α,β-unsaturated/α-hetero) is 1. The molecule has 0 aromatic rings. The summed E-state index contributed by atoms with van der Waals surface area (Å²) in [5, 5.41) is 10.2. The number of rotatable bonds is 4. The van der Waals surface area contributed by atoms with Crippen molar-refractivity contribution in [3.8, 4) is 0 Å². The highest BCUT2D eigenvalue weighted by atomic mass is 31.2. The Morgan fingerprint density at radius 1 is 1.28 bits per heavy atom. The van der Waals surface area contributed by atoms with Gasteiger partial charge < -0.3 is 14.5 Å². The molecule has 0 aromatic heterocycles. The Morgan fingerprint density at radius 2 is 2.00 bits per heavy atom. The van der Waals surface area contributed by atoms with E-state index >= 15 is 0 Å². The van der Waals surface area contributed by atoms with Crippen LogP contribution in [0, 0.1) is 34.5 Å². The number of aliphatic hydroxyl groups is 1. The summed E-state index contributed by atoms with van der Waals surface area (Å²) in [6.07, 6.45) is 8.35. The molecule has 0 amide bonds. The van der Waals surface area contributed by atoms with Gasteiger partial charge >= 0.3 is 7.60 Å². The number of ketones is 1. The van der Waals surface area contributed by atoms with Crippen LogP contribution < -0.4 is 0 Å². The van der Waals surface area contributed by atoms with Crippen LogP contribution in [0.4, 0.5) is 0 Å². The van der Waals surface area contributed by atoms with Crippen molar-refractivity contribution >= 4 is 13.4 Å². The number of allylic oxidation sites excluding steroid dienone is 1. The van der Waals surface area contributed by atoms with Gasteiger partial charge in [0.2, 0.25) is 0 Å². The van der Waals surface area contributed by atoms with Crippen LogP contribution in [0.5, 0.6) is 0 Å². The van der Waals surface area contributed by atoms with Crippen molar-refractivity contribution in [3.63, 3.8) is 0 Å². The van der Waals surface area contributed by atoms with E-state index in [1.54, 1.807) is 13.8 Å². The fraction of sp³-hybridized carbons (Fsp3) is 0.870. The Kier molecular flexibility index (Phi) is 5.47. The van der Waals surface area contributed by atoms with Gasteiger partial charge in [-0.3, -0.25) is 9.36 Å². The van der Waals surface area contributed by atoms with Crippen LogP contribution in [0.3, 0.4) is 0 Å². The third-order valence-electron chi connectivity index (χ3n) is 9.28. The molecule has 4 aliphatic carbocycles. The molecule has 2 N–H and O–H groups in total. The largest absolute Gasteiger partial charge is 0.393 e. The van der Waals surface area contributed by atoms with Crippen LogP contribution in [0.25, 0.3) is 0 Å². The average molecular weight is 425 g/mol.